The van der Waals surface area contributed by atoms with Gasteiger partial charge in [-0.05, 0) is 41.8 Å². The first-order chi connectivity index (χ1) is 12.7. The Labute approximate surface area is 152 Å². The van der Waals surface area contributed by atoms with E-state index in [0.29, 0.717) is 18.0 Å². The van der Waals surface area contributed by atoms with E-state index in [2.05, 4.69) is 16.4 Å². The van der Waals surface area contributed by atoms with Crippen LogP contribution in [0.1, 0.15) is 11.1 Å². The molecule has 0 saturated carbocycles. The normalized spacial score (nSPS) is 11.0. The van der Waals surface area contributed by atoms with Crippen LogP contribution >= 0.6 is 0 Å². The van der Waals surface area contributed by atoms with Gasteiger partial charge in [-0.3, -0.25) is 4.79 Å². The van der Waals surface area contributed by atoms with Gasteiger partial charge >= 0.3 is 0 Å². The summed E-state index contributed by atoms with van der Waals surface area (Å²) in [4.78, 5) is 15.3. The maximum Gasteiger partial charge on any atom is 0.244 e. The number of ether oxygens (including phenoxy) is 2. The molecular weight excluding hydrogens is 328 g/mol. The first-order valence-corrected chi connectivity index (χ1v) is 8.44. The van der Waals surface area contributed by atoms with E-state index in [1.54, 1.807) is 20.3 Å². The largest absolute Gasteiger partial charge is 0.493 e. The number of carbonyl (C=O) groups is 1. The van der Waals surface area contributed by atoms with E-state index < -0.39 is 0 Å². The van der Waals surface area contributed by atoms with Gasteiger partial charge in [0.25, 0.3) is 0 Å². The monoisotopic (exact) mass is 350 g/mol. The highest BCUT2D eigenvalue weighted by Gasteiger charge is 2.04. The van der Waals surface area contributed by atoms with Gasteiger partial charge in [0.05, 0.1) is 14.2 Å². The Bertz CT molecular complexity index is 928. The van der Waals surface area contributed by atoms with Crippen LogP contribution in [-0.2, 0) is 11.2 Å². The fourth-order valence-corrected chi connectivity index (χ4v) is 2.85. The smallest absolute Gasteiger partial charge is 0.244 e. The number of hydrogen-bond acceptors (Lipinski definition) is 3. The van der Waals surface area contributed by atoms with Crippen molar-refractivity contribution in [1.29, 1.82) is 0 Å². The summed E-state index contributed by atoms with van der Waals surface area (Å²) < 4.78 is 10.5. The lowest BCUT2D eigenvalue weighted by Crippen LogP contribution is -2.23. The molecule has 0 aliphatic carbocycles. The van der Waals surface area contributed by atoms with Gasteiger partial charge in [-0.15, -0.1) is 0 Å². The first kappa shape index (κ1) is 17.6. The van der Waals surface area contributed by atoms with Crippen molar-refractivity contribution < 1.29 is 14.3 Å². The number of aromatic nitrogens is 1. The van der Waals surface area contributed by atoms with Crippen LogP contribution in [0.4, 0.5) is 0 Å². The van der Waals surface area contributed by atoms with E-state index in [1.807, 2.05) is 42.6 Å². The van der Waals surface area contributed by atoms with Crippen LogP contribution in [0, 0.1) is 0 Å². The Kier molecular flexibility index (Phi) is 5.59. The SMILES string of the molecule is COc1ccc(/C=C/C(=O)NCCc2c[nH]c3ccccc23)cc1OC. The average Bonchev–Trinajstić information content (AvgIpc) is 3.09. The van der Waals surface area contributed by atoms with Gasteiger partial charge in [0.2, 0.25) is 5.91 Å². The molecule has 134 valence electrons. The van der Waals surface area contributed by atoms with Crippen molar-refractivity contribution in [3.05, 3.63) is 65.9 Å². The molecule has 2 N–H and O–H groups in total. The van der Waals surface area contributed by atoms with E-state index in [1.165, 1.54) is 17.0 Å². The number of fused-ring (bicyclic) bond motifs is 1. The molecule has 3 aromatic rings. The maximum absolute atomic E-state index is 12.0. The minimum absolute atomic E-state index is 0.125. The average molecular weight is 350 g/mol. The van der Waals surface area contributed by atoms with Gasteiger partial charge in [-0.25, -0.2) is 0 Å². The molecule has 0 aliphatic rings. The highest BCUT2D eigenvalue weighted by atomic mass is 16.5. The van der Waals surface area contributed by atoms with Gasteiger partial charge in [-0.1, -0.05) is 24.3 Å². The summed E-state index contributed by atoms with van der Waals surface area (Å²) in [7, 11) is 3.18. The molecular formula is C21H22N2O3. The molecule has 1 amide bonds. The van der Waals surface area contributed by atoms with Crippen molar-refractivity contribution in [3.63, 3.8) is 0 Å². The number of carbonyl (C=O) groups excluding carboxylic acids is 1. The number of H-pyrrole nitrogens is 1. The molecule has 0 saturated heterocycles. The third kappa shape index (κ3) is 4.06. The number of rotatable bonds is 7. The number of aromatic amines is 1. The summed E-state index contributed by atoms with van der Waals surface area (Å²) in [5.74, 6) is 1.17. The first-order valence-electron chi connectivity index (χ1n) is 8.44. The summed E-state index contributed by atoms with van der Waals surface area (Å²) in [5.41, 5.74) is 3.18. The van der Waals surface area contributed by atoms with Crippen LogP contribution < -0.4 is 14.8 Å². The number of hydrogen-bond donors (Lipinski definition) is 2. The van der Waals surface area contributed by atoms with E-state index in [-0.39, 0.29) is 5.91 Å². The Balaban J connectivity index is 1.55. The number of amides is 1. The molecule has 26 heavy (non-hydrogen) atoms. The zero-order valence-electron chi connectivity index (χ0n) is 14.9. The molecule has 0 unspecified atom stereocenters. The fraction of sp³-hybridized carbons (Fsp3) is 0.190. The van der Waals surface area contributed by atoms with Crippen molar-refractivity contribution in [1.82, 2.24) is 10.3 Å². The third-order valence-corrected chi connectivity index (χ3v) is 4.20. The molecule has 0 bridgehead atoms. The lowest BCUT2D eigenvalue weighted by Gasteiger charge is -2.07. The number of para-hydroxylation sites is 1. The minimum atomic E-state index is -0.125. The van der Waals surface area contributed by atoms with Crippen molar-refractivity contribution in [2.75, 3.05) is 20.8 Å². The van der Waals surface area contributed by atoms with Crippen LogP contribution in [0.5, 0.6) is 11.5 Å². The molecule has 3 rings (SSSR count). The summed E-state index contributed by atoms with van der Waals surface area (Å²) in [6.45, 7) is 0.580. The second-order valence-corrected chi connectivity index (χ2v) is 5.85. The minimum Gasteiger partial charge on any atom is -0.493 e. The van der Waals surface area contributed by atoms with Crippen LogP contribution in [0.15, 0.2) is 54.7 Å². The quantitative estimate of drug-likeness (QED) is 0.641. The van der Waals surface area contributed by atoms with Gasteiger partial charge in [0.1, 0.15) is 0 Å². The molecule has 5 heteroatoms. The van der Waals surface area contributed by atoms with Crippen molar-refractivity contribution in [2.24, 2.45) is 0 Å². The van der Waals surface area contributed by atoms with Crippen LogP contribution in [0.3, 0.4) is 0 Å². The molecule has 2 aromatic carbocycles. The predicted octanol–water partition coefficient (Wildman–Crippen LogP) is 3.56. The summed E-state index contributed by atoms with van der Waals surface area (Å²) >= 11 is 0. The Morgan fingerprint density at radius 1 is 1.12 bits per heavy atom. The van der Waals surface area contributed by atoms with Crippen molar-refractivity contribution >= 4 is 22.9 Å². The molecule has 1 heterocycles. The topological polar surface area (TPSA) is 63.3 Å². The zero-order chi connectivity index (χ0) is 18.4. The van der Waals surface area contributed by atoms with E-state index in [9.17, 15) is 4.79 Å². The second-order valence-electron chi connectivity index (χ2n) is 5.85. The lowest BCUT2D eigenvalue weighted by atomic mass is 10.1. The highest BCUT2D eigenvalue weighted by Crippen LogP contribution is 2.27. The van der Waals surface area contributed by atoms with E-state index in [4.69, 9.17) is 9.47 Å². The van der Waals surface area contributed by atoms with Gasteiger partial charge < -0.3 is 19.8 Å². The zero-order valence-corrected chi connectivity index (χ0v) is 14.9. The molecule has 0 atom stereocenters. The Hall–Kier alpha value is -3.21. The van der Waals surface area contributed by atoms with E-state index >= 15 is 0 Å². The molecule has 0 spiro atoms. The van der Waals surface area contributed by atoms with Crippen LogP contribution in [0.2, 0.25) is 0 Å². The van der Waals surface area contributed by atoms with Gasteiger partial charge in [0, 0.05) is 29.7 Å². The summed E-state index contributed by atoms with van der Waals surface area (Å²) in [6, 6.07) is 13.7. The van der Waals surface area contributed by atoms with Crippen molar-refractivity contribution in [2.45, 2.75) is 6.42 Å². The van der Waals surface area contributed by atoms with Crippen molar-refractivity contribution in [3.8, 4) is 11.5 Å². The second kappa shape index (κ2) is 8.25. The number of benzene rings is 2. The molecule has 0 radical (unpaired) electrons. The van der Waals surface area contributed by atoms with Gasteiger partial charge in [0.15, 0.2) is 11.5 Å². The molecule has 0 aliphatic heterocycles. The highest BCUT2D eigenvalue weighted by molar-refractivity contribution is 5.91. The number of methoxy groups -OCH3 is 2. The molecule has 1 aromatic heterocycles. The standard InChI is InChI=1S/C21H22N2O3/c1-25-19-9-7-15(13-20(19)26-2)8-10-21(24)22-12-11-16-14-23-18-6-4-3-5-17(16)18/h3-10,13-14,23H,11-12H2,1-2H3,(H,22,24)/b10-8+. The predicted molar refractivity (Wildman–Crippen MR) is 104 cm³/mol. The van der Waals surface area contributed by atoms with Crippen LogP contribution in [-0.4, -0.2) is 31.7 Å². The van der Waals surface area contributed by atoms with Crippen LogP contribution in [0.25, 0.3) is 17.0 Å². The fourth-order valence-electron chi connectivity index (χ4n) is 2.85. The van der Waals surface area contributed by atoms with Gasteiger partial charge in [-0.2, -0.15) is 0 Å². The Morgan fingerprint density at radius 2 is 1.92 bits per heavy atom. The summed E-state index contributed by atoms with van der Waals surface area (Å²) in [5, 5.41) is 4.11. The summed E-state index contributed by atoms with van der Waals surface area (Å²) in [6.07, 6.45) is 6.05. The number of nitrogens with one attached hydrogen (secondary N) is 2. The lowest BCUT2D eigenvalue weighted by molar-refractivity contribution is -0.116. The Morgan fingerprint density at radius 3 is 2.73 bits per heavy atom. The maximum atomic E-state index is 12.0. The molecule has 0 fully saturated rings. The third-order valence-electron chi connectivity index (χ3n) is 4.20. The molecule has 5 nitrogen and oxygen atoms in total. The van der Waals surface area contributed by atoms with E-state index in [0.717, 1.165) is 17.5 Å².